The van der Waals surface area contributed by atoms with Gasteiger partial charge in [0, 0.05) is 15.4 Å². The average molecular weight is 442 g/mol. The van der Waals surface area contributed by atoms with E-state index in [4.69, 9.17) is 4.42 Å². The first-order chi connectivity index (χ1) is 13.1. The molecule has 2 heterocycles. The fraction of sp³-hybridized carbons (Fsp3) is 0.0526. The van der Waals surface area contributed by atoms with Gasteiger partial charge in [0.15, 0.2) is 11.6 Å². The Morgan fingerprint density at radius 2 is 1.93 bits per heavy atom. The van der Waals surface area contributed by atoms with Gasteiger partial charge in [-0.3, -0.25) is 9.89 Å². The van der Waals surface area contributed by atoms with Crippen molar-refractivity contribution in [3.05, 3.63) is 75.1 Å². The number of para-hydroxylation sites is 1. The van der Waals surface area contributed by atoms with Crippen LogP contribution in [0.5, 0.6) is 0 Å². The molecule has 0 unspecified atom stereocenters. The summed E-state index contributed by atoms with van der Waals surface area (Å²) in [6, 6.07) is 16.3. The molecule has 2 aromatic carbocycles. The van der Waals surface area contributed by atoms with Crippen LogP contribution < -0.4 is 5.63 Å². The van der Waals surface area contributed by atoms with Crippen molar-refractivity contribution in [2.24, 2.45) is 0 Å². The van der Waals surface area contributed by atoms with Crippen LogP contribution in [0.3, 0.4) is 0 Å². The summed E-state index contributed by atoms with van der Waals surface area (Å²) in [6.45, 7) is 0. The molecule has 0 aliphatic rings. The maximum absolute atomic E-state index is 12.4. The molecule has 0 bridgehead atoms. The third-order valence-corrected chi connectivity index (χ3v) is 5.23. The topological polar surface area (TPSA) is 88.8 Å². The number of nitrogens with one attached hydrogen (secondary N) is 1. The number of carbonyl (C=O) groups excluding carboxylic acids is 1. The number of rotatable bonds is 5. The molecule has 0 amide bonds. The third-order valence-electron chi connectivity index (χ3n) is 3.86. The lowest BCUT2D eigenvalue weighted by Gasteiger charge is -2.00. The van der Waals surface area contributed by atoms with E-state index in [-0.39, 0.29) is 17.1 Å². The zero-order valence-corrected chi connectivity index (χ0v) is 16.2. The van der Waals surface area contributed by atoms with Crippen molar-refractivity contribution in [3.8, 4) is 11.4 Å². The second-order valence-electron chi connectivity index (χ2n) is 5.67. The van der Waals surface area contributed by atoms with Crippen molar-refractivity contribution in [2.75, 3.05) is 5.75 Å². The number of carbonyl (C=O) groups is 1. The van der Waals surface area contributed by atoms with Gasteiger partial charge in [-0.2, -0.15) is 0 Å². The highest BCUT2D eigenvalue weighted by Crippen LogP contribution is 2.22. The Labute approximate surface area is 166 Å². The van der Waals surface area contributed by atoms with Crippen LogP contribution in [0.1, 0.15) is 10.4 Å². The largest absolute Gasteiger partial charge is 0.422 e. The van der Waals surface area contributed by atoms with Crippen molar-refractivity contribution in [2.45, 2.75) is 5.16 Å². The number of benzene rings is 2. The van der Waals surface area contributed by atoms with Crippen LogP contribution in [-0.2, 0) is 0 Å². The van der Waals surface area contributed by atoms with E-state index in [0.717, 1.165) is 21.8 Å². The molecule has 27 heavy (non-hydrogen) atoms. The molecule has 2 aromatic heterocycles. The number of aromatic amines is 1. The number of halogens is 1. The molecule has 6 nitrogen and oxygen atoms in total. The summed E-state index contributed by atoms with van der Waals surface area (Å²) in [7, 11) is 0. The number of hydrogen-bond donors (Lipinski definition) is 1. The van der Waals surface area contributed by atoms with Crippen molar-refractivity contribution in [1.29, 1.82) is 0 Å². The second-order valence-corrected chi connectivity index (χ2v) is 7.53. The Balaban J connectivity index is 1.49. The summed E-state index contributed by atoms with van der Waals surface area (Å²) in [5, 5.41) is 8.11. The Morgan fingerprint density at radius 1 is 1.15 bits per heavy atom. The molecule has 8 heteroatoms. The molecule has 134 valence electrons. The summed E-state index contributed by atoms with van der Waals surface area (Å²) < 4.78 is 6.18. The smallest absolute Gasteiger partial charge is 0.347 e. The van der Waals surface area contributed by atoms with E-state index in [2.05, 4.69) is 31.1 Å². The Kier molecular flexibility index (Phi) is 4.91. The summed E-state index contributed by atoms with van der Waals surface area (Å²) in [4.78, 5) is 28.9. The van der Waals surface area contributed by atoms with Crippen LogP contribution in [0.4, 0.5) is 0 Å². The van der Waals surface area contributed by atoms with Crippen molar-refractivity contribution in [3.63, 3.8) is 0 Å². The van der Waals surface area contributed by atoms with E-state index in [1.54, 1.807) is 24.3 Å². The Morgan fingerprint density at radius 3 is 2.74 bits per heavy atom. The van der Waals surface area contributed by atoms with Crippen LogP contribution in [0.25, 0.3) is 22.4 Å². The third kappa shape index (κ3) is 3.86. The standard InChI is InChI=1S/C19H12BrN3O3S/c20-13-7-5-11(6-8-13)17-21-19(23-22-17)27-10-15(24)14-9-12-3-1-2-4-16(12)26-18(14)25/h1-9H,10H2,(H,21,22,23). The lowest BCUT2D eigenvalue weighted by molar-refractivity contribution is 0.101. The predicted molar refractivity (Wildman–Crippen MR) is 107 cm³/mol. The van der Waals surface area contributed by atoms with Crippen LogP contribution in [0.15, 0.2) is 73.4 Å². The first-order valence-corrected chi connectivity index (χ1v) is 9.75. The number of ketones is 1. The van der Waals surface area contributed by atoms with Gasteiger partial charge in [-0.05, 0) is 24.3 Å². The zero-order chi connectivity index (χ0) is 18.8. The molecule has 4 rings (SSSR count). The molecule has 0 aliphatic carbocycles. The highest BCUT2D eigenvalue weighted by molar-refractivity contribution is 9.10. The molecule has 0 saturated carbocycles. The van der Waals surface area contributed by atoms with Crippen LogP contribution >= 0.6 is 27.7 Å². The minimum absolute atomic E-state index is 0.0323. The van der Waals surface area contributed by atoms with E-state index in [1.807, 2.05) is 30.3 Å². The second kappa shape index (κ2) is 7.50. The minimum atomic E-state index is -0.634. The highest BCUT2D eigenvalue weighted by Gasteiger charge is 2.15. The molecule has 4 aromatic rings. The average Bonchev–Trinajstić information content (AvgIpc) is 3.15. The van der Waals surface area contributed by atoms with Crippen molar-refractivity contribution < 1.29 is 9.21 Å². The van der Waals surface area contributed by atoms with Gasteiger partial charge in [0.05, 0.1) is 5.75 Å². The summed E-state index contributed by atoms with van der Waals surface area (Å²) >= 11 is 4.55. The van der Waals surface area contributed by atoms with Gasteiger partial charge in [0.2, 0.25) is 5.16 Å². The Bertz CT molecular complexity index is 1180. The van der Waals surface area contributed by atoms with E-state index in [1.165, 1.54) is 0 Å². The maximum Gasteiger partial charge on any atom is 0.347 e. The number of Topliss-reactive ketones (excluding diaryl/α,β-unsaturated/α-hetero) is 1. The lowest BCUT2D eigenvalue weighted by atomic mass is 10.1. The van der Waals surface area contributed by atoms with Gasteiger partial charge >= 0.3 is 5.63 Å². The molecule has 0 saturated heterocycles. The predicted octanol–water partition coefficient (Wildman–Crippen LogP) is 4.32. The maximum atomic E-state index is 12.4. The van der Waals surface area contributed by atoms with Crippen LogP contribution in [0, 0.1) is 0 Å². The normalized spacial score (nSPS) is 11.0. The fourth-order valence-corrected chi connectivity index (χ4v) is 3.46. The van der Waals surface area contributed by atoms with Gasteiger partial charge in [0.1, 0.15) is 11.1 Å². The molecule has 0 radical (unpaired) electrons. The first-order valence-electron chi connectivity index (χ1n) is 7.97. The number of thioether (sulfide) groups is 1. The van der Waals surface area contributed by atoms with E-state index in [0.29, 0.717) is 22.0 Å². The number of fused-ring (bicyclic) bond motifs is 1. The number of hydrogen-bond acceptors (Lipinski definition) is 6. The summed E-state index contributed by atoms with van der Waals surface area (Å²) in [5.74, 6) is 0.331. The number of nitrogens with zero attached hydrogens (tertiary/aromatic N) is 2. The zero-order valence-electron chi connectivity index (χ0n) is 13.8. The number of H-pyrrole nitrogens is 1. The molecule has 0 fully saturated rings. The van der Waals surface area contributed by atoms with Gasteiger partial charge in [-0.15, -0.1) is 5.10 Å². The van der Waals surface area contributed by atoms with Crippen molar-refractivity contribution >= 4 is 44.4 Å². The molecule has 0 atom stereocenters. The van der Waals surface area contributed by atoms with Crippen molar-refractivity contribution in [1.82, 2.24) is 15.2 Å². The van der Waals surface area contributed by atoms with Gasteiger partial charge < -0.3 is 4.42 Å². The minimum Gasteiger partial charge on any atom is -0.422 e. The van der Waals surface area contributed by atoms with E-state index >= 15 is 0 Å². The SMILES string of the molecule is O=C(CSc1n[nH]c(-c2ccc(Br)cc2)n1)c1cc2ccccc2oc1=O. The lowest BCUT2D eigenvalue weighted by Crippen LogP contribution is -2.15. The van der Waals surface area contributed by atoms with Crippen LogP contribution in [0.2, 0.25) is 0 Å². The summed E-state index contributed by atoms with van der Waals surface area (Å²) in [6.07, 6.45) is 0. The van der Waals surface area contributed by atoms with Gasteiger partial charge in [0.25, 0.3) is 0 Å². The fourth-order valence-electron chi connectivity index (χ4n) is 2.51. The molecular weight excluding hydrogens is 430 g/mol. The Hall–Kier alpha value is -2.71. The van der Waals surface area contributed by atoms with Gasteiger partial charge in [-0.1, -0.05) is 58.0 Å². The van der Waals surface area contributed by atoms with Crippen LogP contribution in [-0.4, -0.2) is 26.7 Å². The molecule has 1 N–H and O–H groups in total. The quantitative estimate of drug-likeness (QED) is 0.282. The first kappa shape index (κ1) is 17.7. The monoisotopic (exact) mass is 441 g/mol. The van der Waals surface area contributed by atoms with E-state index in [9.17, 15) is 9.59 Å². The summed E-state index contributed by atoms with van der Waals surface area (Å²) in [5.41, 5.74) is 0.744. The highest BCUT2D eigenvalue weighted by atomic mass is 79.9. The molecule has 0 spiro atoms. The number of aromatic nitrogens is 3. The molecular formula is C19H12BrN3O3S. The van der Waals surface area contributed by atoms with E-state index < -0.39 is 5.63 Å². The van der Waals surface area contributed by atoms with Gasteiger partial charge in [-0.25, -0.2) is 9.78 Å². The molecule has 0 aliphatic heterocycles.